The van der Waals surface area contributed by atoms with E-state index in [9.17, 15) is 18.0 Å². The Morgan fingerprint density at radius 1 is 1.20 bits per heavy atom. The van der Waals surface area contributed by atoms with Crippen LogP contribution >= 0.6 is 0 Å². The molecule has 2 rings (SSSR count). The second-order valence-electron chi connectivity index (χ2n) is 5.88. The standard InChI is InChI=1S/C16H23N3O5S/c1-12(20)17-13-3-5-15(6-4-13)25(22,23)19-9-7-14(8-10-19)18-16(21)11-24-2/h3-6,14H,7-11H2,1-2H3,(H,17,20)(H,18,21). The highest BCUT2D eigenvalue weighted by Crippen LogP contribution is 2.22. The second-order valence-corrected chi connectivity index (χ2v) is 7.82. The Hall–Kier alpha value is -1.97. The molecule has 0 spiro atoms. The van der Waals surface area contributed by atoms with Gasteiger partial charge in [0.2, 0.25) is 21.8 Å². The van der Waals surface area contributed by atoms with Crippen molar-refractivity contribution in [2.75, 3.05) is 32.1 Å². The number of piperidine rings is 1. The van der Waals surface area contributed by atoms with Crippen molar-refractivity contribution in [2.24, 2.45) is 0 Å². The lowest BCUT2D eigenvalue weighted by atomic mass is 10.1. The molecule has 25 heavy (non-hydrogen) atoms. The van der Waals surface area contributed by atoms with Crippen LogP contribution in [0.3, 0.4) is 0 Å². The number of sulfonamides is 1. The minimum atomic E-state index is -3.59. The fraction of sp³-hybridized carbons (Fsp3) is 0.500. The van der Waals surface area contributed by atoms with Crippen molar-refractivity contribution in [3.05, 3.63) is 24.3 Å². The highest BCUT2D eigenvalue weighted by atomic mass is 32.2. The van der Waals surface area contributed by atoms with E-state index in [0.717, 1.165) is 0 Å². The molecule has 0 radical (unpaired) electrons. The molecular weight excluding hydrogens is 346 g/mol. The first kappa shape index (κ1) is 19.4. The van der Waals surface area contributed by atoms with Gasteiger partial charge in [-0.15, -0.1) is 0 Å². The van der Waals surface area contributed by atoms with Crippen molar-refractivity contribution >= 4 is 27.5 Å². The number of nitrogens with one attached hydrogen (secondary N) is 2. The maximum absolute atomic E-state index is 12.7. The van der Waals surface area contributed by atoms with E-state index in [2.05, 4.69) is 10.6 Å². The molecule has 138 valence electrons. The van der Waals surface area contributed by atoms with Crippen LogP contribution in [0.25, 0.3) is 0 Å². The van der Waals surface area contributed by atoms with Gasteiger partial charge in [-0.05, 0) is 37.1 Å². The van der Waals surface area contributed by atoms with Crippen LogP contribution in [0.15, 0.2) is 29.2 Å². The summed E-state index contributed by atoms with van der Waals surface area (Å²) in [6, 6.07) is 6.04. The van der Waals surface area contributed by atoms with Crippen LogP contribution in [0.4, 0.5) is 5.69 Å². The summed E-state index contributed by atoms with van der Waals surface area (Å²) in [5, 5.41) is 5.43. The van der Waals surface area contributed by atoms with E-state index in [1.165, 1.54) is 30.5 Å². The fourth-order valence-corrected chi connectivity index (χ4v) is 4.17. The van der Waals surface area contributed by atoms with Crippen LogP contribution in [0.2, 0.25) is 0 Å². The van der Waals surface area contributed by atoms with Gasteiger partial charge in [0.15, 0.2) is 0 Å². The van der Waals surface area contributed by atoms with Crippen LogP contribution in [-0.2, 0) is 24.3 Å². The van der Waals surface area contributed by atoms with Gasteiger partial charge in [0, 0.05) is 38.9 Å². The van der Waals surface area contributed by atoms with E-state index in [4.69, 9.17) is 4.74 Å². The number of methoxy groups -OCH3 is 1. The molecule has 1 saturated heterocycles. The molecular formula is C16H23N3O5S. The molecule has 1 aliphatic rings. The predicted molar refractivity (Wildman–Crippen MR) is 92.5 cm³/mol. The summed E-state index contributed by atoms with van der Waals surface area (Å²) in [6.45, 7) is 2.07. The van der Waals surface area contributed by atoms with Gasteiger partial charge in [-0.2, -0.15) is 4.31 Å². The lowest BCUT2D eigenvalue weighted by Gasteiger charge is -2.31. The lowest BCUT2D eigenvalue weighted by molar-refractivity contribution is -0.125. The Balaban J connectivity index is 1.97. The maximum Gasteiger partial charge on any atom is 0.246 e. The van der Waals surface area contributed by atoms with Gasteiger partial charge in [0.25, 0.3) is 0 Å². The first-order valence-corrected chi connectivity index (χ1v) is 9.43. The normalized spacial score (nSPS) is 16.4. The molecule has 0 aromatic heterocycles. The minimum absolute atomic E-state index is 0.000833. The molecule has 1 fully saturated rings. The van der Waals surface area contributed by atoms with Gasteiger partial charge >= 0.3 is 0 Å². The molecule has 1 aromatic rings. The zero-order chi connectivity index (χ0) is 18.4. The van der Waals surface area contributed by atoms with E-state index in [-0.39, 0.29) is 29.4 Å². The van der Waals surface area contributed by atoms with Crippen molar-refractivity contribution < 1.29 is 22.7 Å². The van der Waals surface area contributed by atoms with Crippen LogP contribution in [0, 0.1) is 0 Å². The van der Waals surface area contributed by atoms with Crippen LogP contribution < -0.4 is 10.6 Å². The summed E-state index contributed by atoms with van der Waals surface area (Å²) >= 11 is 0. The SMILES string of the molecule is COCC(=O)NC1CCN(S(=O)(=O)c2ccc(NC(C)=O)cc2)CC1. The molecule has 0 bridgehead atoms. The Bertz CT molecular complexity index is 710. The van der Waals surface area contributed by atoms with E-state index >= 15 is 0 Å². The van der Waals surface area contributed by atoms with E-state index in [0.29, 0.717) is 31.6 Å². The quantitative estimate of drug-likeness (QED) is 0.762. The Morgan fingerprint density at radius 3 is 2.32 bits per heavy atom. The van der Waals surface area contributed by atoms with Crippen molar-refractivity contribution in [1.82, 2.24) is 9.62 Å². The van der Waals surface area contributed by atoms with Gasteiger partial charge in [-0.3, -0.25) is 9.59 Å². The lowest BCUT2D eigenvalue weighted by Crippen LogP contribution is -2.47. The third kappa shape index (κ3) is 5.25. The fourth-order valence-electron chi connectivity index (χ4n) is 2.70. The molecule has 1 aliphatic heterocycles. The topological polar surface area (TPSA) is 105 Å². The van der Waals surface area contributed by atoms with Gasteiger partial charge in [-0.1, -0.05) is 0 Å². The summed E-state index contributed by atoms with van der Waals surface area (Å²) < 4.78 is 31.6. The van der Waals surface area contributed by atoms with E-state index < -0.39 is 10.0 Å². The Morgan fingerprint density at radius 2 is 1.80 bits per heavy atom. The minimum Gasteiger partial charge on any atom is -0.375 e. The summed E-state index contributed by atoms with van der Waals surface area (Å²) in [4.78, 5) is 22.7. The van der Waals surface area contributed by atoms with Gasteiger partial charge in [-0.25, -0.2) is 8.42 Å². The number of ether oxygens (including phenoxy) is 1. The Labute approximate surface area is 147 Å². The third-order valence-electron chi connectivity index (χ3n) is 3.91. The number of amides is 2. The molecule has 8 nitrogen and oxygen atoms in total. The number of benzene rings is 1. The largest absolute Gasteiger partial charge is 0.375 e. The van der Waals surface area contributed by atoms with Crippen LogP contribution in [0.5, 0.6) is 0 Å². The van der Waals surface area contributed by atoms with Crippen molar-refractivity contribution in [3.63, 3.8) is 0 Å². The zero-order valence-electron chi connectivity index (χ0n) is 14.3. The predicted octanol–water partition coefficient (Wildman–Crippen LogP) is 0.561. The maximum atomic E-state index is 12.7. The molecule has 0 unspecified atom stereocenters. The molecule has 0 atom stereocenters. The van der Waals surface area contributed by atoms with Gasteiger partial charge in [0.05, 0.1) is 4.90 Å². The van der Waals surface area contributed by atoms with Crippen molar-refractivity contribution in [2.45, 2.75) is 30.7 Å². The number of rotatable bonds is 6. The molecule has 9 heteroatoms. The molecule has 1 aromatic carbocycles. The smallest absolute Gasteiger partial charge is 0.246 e. The van der Waals surface area contributed by atoms with E-state index in [1.54, 1.807) is 12.1 Å². The van der Waals surface area contributed by atoms with E-state index in [1.807, 2.05) is 0 Å². The Kier molecular flexibility index (Phi) is 6.51. The van der Waals surface area contributed by atoms with Gasteiger partial charge < -0.3 is 15.4 Å². The monoisotopic (exact) mass is 369 g/mol. The van der Waals surface area contributed by atoms with Crippen molar-refractivity contribution in [3.8, 4) is 0 Å². The summed E-state index contributed by atoms with van der Waals surface area (Å²) in [7, 11) is -2.14. The average Bonchev–Trinajstić information content (AvgIpc) is 2.55. The summed E-state index contributed by atoms with van der Waals surface area (Å²) in [6.07, 6.45) is 1.11. The second kappa shape index (κ2) is 8.41. The number of hydrogen-bond acceptors (Lipinski definition) is 5. The number of hydrogen-bond donors (Lipinski definition) is 2. The first-order chi connectivity index (χ1) is 11.8. The first-order valence-electron chi connectivity index (χ1n) is 7.99. The summed E-state index contributed by atoms with van der Waals surface area (Å²) in [5.41, 5.74) is 0.547. The highest BCUT2D eigenvalue weighted by molar-refractivity contribution is 7.89. The van der Waals surface area contributed by atoms with Crippen LogP contribution in [0.1, 0.15) is 19.8 Å². The molecule has 2 amide bonds. The molecule has 2 N–H and O–H groups in total. The zero-order valence-corrected chi connectivity index (χ0v) is 15.1. The molecule has 0 saturated carbocycles. The highest BCUT2D eigenvalue weighted by Gasteiger charge is 2.29. The molecule has 0 aliphatic carbocycles. The van der Waals surface area contributed by atoms with Gasteiger partial charge in [0.1, 0.15) is 6.61 Å². The number of carbonyl (C=O) groups is 2. The van der Waals surface area contributed by atoms with Crippen molar-refractivity contribution in [1.29, 1.82) is 0 Å². The third-order valence-corrected chi connectivity index (χ3v) is 5.82. The average molecular weight is 369 g/mol. The number of anilines is 1. The summed E-state index contributed by atoms with van der Waals surface area (Å²) in [5.74, 6) is -0.412. The van der Waals surface area contributed by atoms with Crippen LogP contribution in [-0.4, -0.2) is 57.4 Å². The molecule has 1 heterocycles. The number of nitrogens with zero attached hydrogens (tertiary/aromatic N) is 1. The number of carbonyl (C=O) groups excluding carboxylic acids is 2.